The Kier molecular flexibility index (Phi) is 11.5. The molecule has 0 bridgehead atoms. The number of hydrogen-bond donors (Lipinski definition) is 0. The fourth-order valence-corrected chi connectivity index (χ4v) is 5.11. The molecule has 0 spiro atoms. The van der Waals surface area contributed by atoms with E-state index in [1.165, 1.54) is 31.7 Å². The van der Waals surface area contributed by atoms with Crippen molar-refractivity contribution in [1.29, 1.82) is 5.26 Å². The van der Waals surface area contributed by atoms with Gasteiger partial charge in [-0.25, -0.2) is 9.18 Å². The van der Waals surface area contributed by atoms with Crippen molar-refractivity contribution in [2.24, 2.45) is 5.41 Å². The second-order valence-corrected chi connectivity index (χ2v) is 10.4. The molecule has 1 aliphatic rings. The van der Waals surface area contributed by atoms with Gasteiger partial charge in [-0.2, -0.15) is 5.26 Å². The normalized spacial score (nSPS) is 19.2. The maximum atomic E-state index is 14.7. The molecule has 0 unspecified atom stereocenters. The standard InChI is InChI=1S/C32H42FNO3/c1-3-5-7-8-9-19-32(24-34)20-17-27(18-21-32)37-31(35)26-13-11-25(12-14-26)29-16-15-28(23-30(29)33)36-22-10-6-4-2/h11-16,23,27H,3-10,17-22H2,1-2H3. The third-order valence-corrected chi connectivity index (χ3v) is 7.55. The highest BCUT2D eigenvalue weighted by Gasteiger charge is 2.36. The molecule has 2 aromatic carbocycles. The number of hydrogen-bond acceptors (Lipinski definition) is 4. The molecule has 1 aliphatic carbocycles. The van der Waals surface area contributed by atoms with Gasteiger partial charge in [-0.15, -0.1) is 0 Å². The summed E-state index contributed by atoms with van der Waals surface area (Å²) in [5.74, 6) is -0.185. The van der Waals surface area contributed by atoms with Crippen LogP contribution in [-0.4, -0.2) is 18.7 Å². The fraction of sp³-hybridized carbons (Fsp3) is 0.562. The quantitative estimate of drug-likeness (QED) is 0.189. The highest BCUT2D eigenvalue weighted by Crippen LogP contribution is 2.41. The summed E-state index contributed by atoms with van der Waals surface area (Å²) in [7, 11) is 0. The molecule has 0 heterocycles. The van der Waals surface area contributed by atoms with Gasteiger partial charge in [0.05, 0.1) is 23.7 Å². The van der Waals surface area contributed by atoms with Crippen LogP contribution in [0.1, 0.15) is 108 Å². The highest BCUT2D eigenvalue weighted by atomic mass is 19.1. The first kappa shape index (κ1) is 28.7. The van der Waals surface area contributed by atoms with Crippen LogP contribution in [0.2, 0.25) is 0 Å². The number of ether oxygens (including phenoxy) is 2. The Labute approximate surface area is 222 Å². The maximum Gasteiger partial charge on any atom is 0.338 e. The molecule has 0 saturated heterocycles. The van der Waals surface area contributed by atoms with E-state index in [4.69, 9.17) is 9.47 Å². The molecule has 0 aromatic heterocycles. The lowest BCUT2D eigenvalue weighted by Crippen LogP contribution is -2.31. The Morgan fingerprint density at radius 3 is 2.30 bits per heavy atom. The zero-order valence-electron chi connectivity index (χ0n) is 22.6. The second-order valence-electron chi connectivity index (χ2n) is 10.4. The monoisotopic (exact) mass is 507 g/mol. The number of nitriles is 1. The summed E-state index contributed by atoms with van der Waals surface area (Å²) in [4.78, 5) is 12.7. The van der Waals surface area contributed by atoms with Crippen molar-refractivity contribution in [3.8, 4) is 22.9 Å². The minimum absolute atomic E-state index is 0.156. The van der Waals surface area contributed by atoms with Crippen LogP contribution in [0.3, 0.4) is 0 Å². The highest BCUT2D eigenvalue weighted by molar-refractivity contribution is 5.90. The number of benzene rings is 2. The van der Waals surface area contributed by atoms with Crippen molar-refractivity contribution in [2.45, 2.75) is 103 Å². The van der Waals surface area contributed by atoms with Gasteiger partial charge in [0, 0.05) is 11.6 Å². The minimum atomic E-state index is -0.364. The number of unbranched alkanes of at least 4 members (excludes halogenated alkanes) is 6. The van der Waals surface area contributed by atoms with Crippen LogP contribution < -0.4 is 4.74 Å². The van der Waals surface area contributed by atoms with Gasteiger partial charge in [0.15, 0.2) is 0 Å². The number of carbonyl (C=O) groups excluding carboxylic acids is 1. The molecule has 2 aromatic rings. The van der Waals surface area contributed by atoms with E-state index < -0.39 is 0 Å². The molecule has 1 fully saturated rings. The number of carbonyl (C=O) groups is 1. The van der Waals surface area contributed by atoms with Crippen LogP contribution in [0.4, 0.5) is 4.39 Å². The van der Waals surface area contributed by atoms with Crippen molar-refractivity contribution in [1.82, 2.24) is 0 Å². The van der Waals surface area contributed by atoms with Crippen LogP contribution in [-0.2, 0) is 4.74 Å². The van der Waals surface area contributed by atoms with Crippen molar-refractivity contribution in [3.63, 3.8) is 0 Å². The predicted molar refractivity (Wildman–Crippen MR) is 146 cm³/mol. The van der Waals surface area contributed by atoms with Crippen LogP contribution in [0.25, 0.3) is 11.1 Å². The zero-order chi connectivity index (χ0) is 26.5. The molecule has 0 aliphatic heterocycles. The van der Waals surface area contributed by atoms with E-state index in [1.807, 2.05) is 0 Å². The fourth-order valence-electron chi connectivity index (χ4n) is 5.11. The van der Waals surface area contributed by atoms with Gasteiger partial charge < -0.3 is 9.47 Å². The zero-order valence-corrected chi connectivity index (χ0v) is 22.6. The Morgan fingerprint density at radius 1 is 0.973 bits per heavy atom. The number of halogens is 1. The summed E-state index contributed by atoms with van der Waals surface area (Å²) >= 11 is 0. The Balaban J connectivity index is 1.50. The third-order valence-electron chi connectivity index (χ3n) is 7.55. The van der Waals surface area contributed by atoms with Crippen molar-refractivity contribution >= 4 is 5.97 Å². The van der Waals surface area contributed by atoms with E-state index >= 15 is 0 Å². The van der Waals surface area contributed by atoms with Gasteiger partial charge in [-0.1, -0.05) is 70.9 Å². The molecular weight excluding hydrogens is 465 g/mol. The molecule has 0 radical (unpaired) electrons. The molecule has 1 saturated carbocycles. The van der Waals surface area contributed by atoms with Crippen LogP contribution in [0.5, 0.6) is 5.75 Å². The first-order chi connectivity index (χ1) is 18.0. The number of nitrogens with zero attached hydrogens (tertiary/aromatic N) is 1. The second kappa shape index (κ2) is 14.8. The molecular formula is C32H42FNO3. The van der Waals surface area contributed by atoms with E-state index in [1.54, 1.807) is 36.4 Å². The minimum Gasteiger partial charge on any atom is -0.493 e. The average Bonchev–Trinajstić information content (AvgIpc) is 2.92. The van der Waals surface area contributed by atoms with Crippen molar-refractivity contribution < 1.29 is 18.7 Å². The van der Waals surface area contributed by atoms with Crippen molar-refractivity contribution in [2.75, 3.05) is 6.61 Å². The summed E-state index contributed by atoms with van der Waals surface area (Å²) < 4.78 is 26.1. The van der Waals surface area contributed by atoms with E-state index in [2.05, 4.69) is 19.9 Å². The molecule has 200 valence electrons. The van der Waals surface area contributed by atoms with E-state index in [-0.39, 0.29) is 23.3 Å². The first-order valence-corrected chi connectivity index (χ1v) is 14.2. The lowest BCUT2D eigenvalue weighted by Gasteiger charge is -2.34. The summed E-state index contributed by atoms with van der Waals surface area (Å²) in [5.41, 5.74) is 1.35. The van der Waals surface area contributed by atoms with Gasteiger partial charge in [-0.05, 0) is 68.4 Å². The van der Waals surface area contributed by atoms with Gasteiger partial charge >= 0.3 is 5.97 Å². The maximum absolute atomic E-state index is 14.7. The van der Waals surface area contributed by atoms with Crippen LogP contribution in [0.15, 0.2) is 42.5 Å². The SMILES string of the molecule is CCCCCCCC1(C#N)CCC(OC(=O)c2ccc(-c3ccc(OCCCCC)cc3F)cc2)CC1. The van der Waals surface area contributed by atoms with Gasteiger partial charge in [0.25, 0.3) is 0 Å². The smallest absolute Gasteiger partial charge is 0.338 e. The Hall–Kier alpha value is -2.87. The molecule has 0 N–H and O–H groups in total. The first-order valence-electron chi connectivity index (χ1n) is 14.2. The van der Waals surface area contributed by atoms with Gasteiger partial charge in [-0.3, -0.25) is 0 Å². The van der Waals surface area contributed by atoms with Gasteiger partial charge in [0.2, 0.25) is 0 Å². The van der Waals surface area contributed by atoms with E-state index in [0.717, 1.165) is 57.8 Å². The largest absolute Gasteiger partial charge is 0.493 e. The molecule has 37 heavy (non-hydrogen) atoms. The molecule has 0 atom stereocenters. The number of esters is 1. The molecule has 3 rings (SSSR count). The average molecular weight is 508 g/mol. The van der Waals surface area contributed by atoms with Gasteiger partial charge in [0.1, 0.15) is 17.7 Å². The number of rotatable bonds is 14. The van der Waals surface area contributed by atoms with E-state index in [0.29, 0.717) is 29.0 Å². The third kappa shape index (κ3) is 8.59. The van der Waals surface area contributed by atoms with Crippen LogP contribution in [0, 0.1) is 22.6 Å². The van der Waals surface area contributed by atoms with E-state index in [9.17, 15) is 14.4 Å². The summed E-state index contributed by atoms with van der Waals surface area (Å²) in [6.45, 7) is 4.92. The molecule has 5 heteroatoms. The lowest BCUT2D eigenvalue weighted by atomic mass is 9.71. The topological polar surface area (TPSA) is 59.3 Å². The lowest BCUT2D eigenvalue weighted by molar-refractivity contribution is 0.0105. The molecule has 4 nitrogen and oxygen atoms in total. The Morgan fingerprint density at radius 2 is 1.65 bits per heavy atom. The summed E-state index contributed by atoms with van der Waals surface area (Å²) in [6, 6.07) is 14.4. The van der Waals surface area contributed by atoms with Crippen molar-refractivity contribution in [3.05, 3.63) is 53.8 Å². The predicted octanol–water partition coefficient (Wildman–Crippen LogP) is 9.03. The molecule has 0 amide bonds. The summed E-state index contributed by atoms with van der Waals surface area (Å²) in [5, 5.41) is 9.81. The van der Waals surface area contributed by atoms with Crippen LogP contribution >= 0.6 is 0 Å². The summed E-state index contributed by atoms with van der Waals surface area (Å²) in [6.07, 6.45) is 13.0. The Bertz CT molecular complexity index is 1020.